The summed E-state index contributed by atoms with van der Waals surface area (Å²) < 4.78 is 33.8. The molecule has 3 aromatic heterocycles. The molecule has 4 heterocycles. The maximum absolute atomic E-state index is 13.2. The average Bonchev–Trinajstić information content (AvgIpc) is 3.03. The van der Waals surface area contributed by atoms with E-state index in [1.54, 1.807) is 42.9 Å². The van der Waals surface area contributed by atoms with E-state index in [2.05, 4.69) is 25.6 Å². The minimum atomic E-state index is -3.92. The number of halogens is 1. The van der Waals surface area contributed by atoms with Crippen LogP contribution in [0, 0.1) is 6.92 Å². The van der Waals surface area contributed by atoms with E-state index in [0.717, 1.165) is 35.3 Å². The number of hydrogen-bond donors (Lipinski definition) is 2. The molecule has 2 aromatic carbocycles. The third kappa shape index (κ3) is 6.38. The van der Waals surface area contributed by atoms with Gasteiger partial charge in [-0.3, -0.25) is 4.98 Å². The Labute approximate surface area is 255 Å². The van der Waals surface area contributed by atoms with Crippen molar-refractivity contribution in [2.75, 3.05) is 22.2 Å². The fourth-order valence-electron chi connectivity index (χ4n) is 5.11. The van der Waals surface area contributed by atoms with Gasteiger partial charge in [0.2, 0.25) is 11.8 Å². The molecule has 0 radical (unpaired) electrons. The van der Waals surface area contributed by atoms with Crippen LogP contribution in [-0.4, -0.2) is 47.5 Å². The molecule has 1 saturated heterocycles. The Morgan fingerprint density at radius 1 is 1.02 bits per heavy atom. The highest BCUT2D eigenvalue weighted by atomic mass is 35.5. The first-order valence-electron chi connectivity index (χ1n) is 13.9. The second-order valence-electron chi connectivity index (χ2n) is 10.3. The molecule has 5 aromatic rings. The van der Waals surface area contributed by atoms with Crippen molar-refractivity contribution >= 4 is 44.2 Å². The number of anilines is 2. The molecule has 1 fully saturated rings. The van der Waals surface area contributed by atoms with Gasteiger partial charge < -0.3 is 15.4 Å². The van der Waals surface area contributed by atoms with E-state index in [1.807, 2.05) is 43.3 Å². The highest BCUT2D eigenvalue weighted by molar-refractivity contribution is 7.93. The average molecular weight is 616 g/mol. The maximum Gasteiger partial charge on any atom is 0.253 e. The summed E-state index contributed by atoms with van der Waals surface area (Å²) in [6.45, 7) is 3.81. The summed E-state index contributed by atoms with van der Waals surface area (Å²) in [4.78, 5) is 17.7. The van der Waals surface area contributed by atoms with E-state index in [-0.39, 0.29) is 11.8 Å². The number of rotatable bonds is 9. The van der Waals surface area contributed by atoms with Crippen molar-refractivity contribution in [2.45, 2.75) is 31.6 Å². The van der Waals surface area contributed by atoms with Gasteiger partial charge in [0.25, 0.3) is 10.0 Å². The van der Waals surface area contributed by atoms with Gasteiger partial charge in [0.05, 0.1) is 22.7 Å². The highest BCUT2D eigenvalue weighted by Gasteiger charge is 2.25. The third-order valence-corrected chi connectivity index (χ3v) is 9.42. The number of nitrogens with zero attached hydrogens (tertiary/aromatic N) is 5. The van der Waals surface area contributed by atoms with Crippen molar-refractivity contribution in [2.24, 2.45) is 0 Å². The van der Waals surface area contributed by atoms with E-state index >= 15 is 0 Å². The third-order valence-electron chi connectivity index (χ3n) is 7.22. The number of aromatic nitrogens is 4. The molecule has 10 nitrogen and oxygen atoms in total. The van der Waals surface area contributed by atoms with Crippen LogP contribution in [0.5, 0.6) is 11.6 Å². The van der Waals surface area contributed by atoms with E-state index in [9.17, 15) is 8.42 Å². The van der Waals surface area contributed by atoms with Crippen LogP contribution in [0.25, 0.3) is 22.0 Å². The number of hydrogen-bond acceptors (Lipinski definition) is 9. The zero-order valence-corrected chi connectivity index (χ0v) is 25.0. The second kappa shape index (κ2) is 12.5. The molecule has 0 aliphatic carbocycles. The Kier molecular flexibility index (Phi) is 8.37. The first-order chi connectivity index (χ1) is 20.9. The number of piperidine rings is 1. The molecule has 0 spiro atoms. The molecule has 43 heavy (non-hydrogen) atoms. The van der Waals surface area contributed by atoms with E-state index in [0.29, 0.717) is 50.9 Å². The lowest BCUT2D eigenvalue weighted by Gasteiger charge is -2.23. The zero-order valence-electron chi connectivity index (χ0n) is 23.4. The van der Waals surface area contributed by atoms with Gasteiger partial charge in [-0.25, -0.2) is 23.4 Å². The number of nitrogens with one attached hydrogen (secondary N) is 2. The SMILES string of the molecule is Cc1ccc2c(N(Cl)S(=O)(=O)Cc3cccnc3)cccc2c1Oc1ncccc1-c1ccnc(N[C@H]2CCCNC2)n1. The molecule has 0 bridgehead atoms. The van der Waals surface area contributed by atoms with Crippen molar-refractivity contribution in [3.8, 4) is 22.9 Å². The smallest absolute Gasteiger partial charge is 0.253 e. The lowest BCUT2D eigenvalue weighted by molar-refractivity contribution is 0.466. The van der Waals surface area contributed by atoms with Gasteiger partial charge in [-0.05, 0) is 67.8 Å². The molecule has 2 N–H and O–H groups in total. The van der Waals surface area contributed by atoms with Gasteiger partial charge in [-0.1, -0.05) is 30.3 Å². The Balaban J connectivity index is 1.33. The number of pyridine rings is 2. The van der Waals surface area contributed by atoms with Crippen LogP contribution in [0.3, 0.4) is 0 Å². The van der Waals surface area contributed by atoms with Crippen LogP contribution in [0.2, 0.25) is 0 Å². The molecule has 6 rings (SSSR count). The van der Waals surface area contributed by atoms with Crippen LogP contribution >= 0.6 is 11.8 Å². The molecular formula is C31H30ClN7O3S. The standard InChI is InChI=1S/C31H30ClN7O3S/c1-21-11-12-24-25(8-2-10-28(24)39(32)43(40,41)20-22-6-3-14-33-18-22)29(21)42-30-26(9-5-16-35-30)27-13-17-36-31(38-27)37-23-7-4-15-34-19-23/h2-3,5-6,8-14,16-18,23,34H,4,7,15,19-20H2,1H3,(H,36,37,38)/t23-/m0/s1. The fourth-order valence-corrected chi connectivity index (χ4v) is 6.57. The lowest BCUT2D eigenvalue weighted by Crippen LogP contribution is -2.38. The van der Waals surface area contributed by atoms with Gasteiger partial charge in [-0.15, -0.1) is 0 Å². The molecule has 1 aliphatic heterocycles. The van der Waals surface area contributed by atoms with Crippen molar-refractivity contribution < 1.29 is 13.2 Å². The zero-order chi connectivity index (χ0) is 29.8. The van der Waals surface area contributed by atoms with Crippen LogP contribution < -0.4 is 19.2 Å². The number of benzene rings is 2. The van der Waals surface area contributed by atoms with Gasteiger partial charge in [0.1, 0.15) is 5.75 Å². The monoisotopic (exact) mass is 615 g/mol. The van der Waals surface area contributed by atoms with Crippen molar-refractivity contribution in [1.29, 1.82) is 0 Å². The van der Waals surface area contributed by atoms with Crippen LogP contribution in [-0.2, 0) is 15.8 Å². The van der Waals surface area contributed by atoms with Gasteiger partial charge in [-0.2, -0.15) is 3.82 Å². The van der Waals surface area contributed by atoms with Crippen LogP contribution in [0.1, 0.15) is 24.0 Å². The Morgan fingerprint density at radius 3 is 2.72 bits per heavy atom. The topological polar surface area (TPSA) is 122 Å². The van der Waals surface area contributed by atoms with Crippen LogP contribution in [0.4, 0.5) is 11.6 Å². The highest BCUT2D eigenvalue weighted by Crippen LogP contribution is 2.40. The number of sulfonamides is 1. The summed E-state index contributed by atoms with van der Waals surface area (Å²) in [7, 11) is -3.92. The first-order valence-corrected chi connectivity index (χ1v) is 15.9. The Morgan fingerprint density at radius 2 is 1.91 bits per heavy atom. The van der Waals surface area contributed by atoms with E-state index in [1.165, 1.54) is 6.20 Å². The van der Waals surface area contributed by atoms with Crippen molar-refractivity contribution in [3.05, 3.63) is 96.6 Å². The summed E-state index contributed by atoms with van der Waals surface area (Å²) in [6, 6.07) is 18.2. The quantitative estimate of drug-likeness (QED) is 0.197. The van der Waals surface area contributed by atoms with E-state index in [4.69, 9.17) is 21.5 Å². The Bertz CT molecular complexity index is 1850. The molecular weight excluding hydrogens is 586 g/mol. The summed E-state index contributed by atoms with van der Waals surface area (Å²) >= 11 is 6.52. The van der Waals surface area contributed by atoms with Crippen molar-refractivity contribution in [3.63, 3.8) is 0 Å². The molecule has 12 heteroatoms. The fraction of sp³-hybridized carbons (Fsp3) is 0.226. The first kappa shape index (κ1) is 28.8. The van der Waals surface area contributed by atoms with Crippen LogP contribution in [0.15, 0.2) is 85.5 Å². The second-order valence-corrected chi connectivity index (χ2v) is 12.7. The van der Waals surface area contributed by atoms with Gasteiger partial charge >= 0.3 is 0 Å². The minimum absolute atomic E-state index is 0.260. The number of fused-ring (bicyclic) bond motifs is 1. The van der Waals surface area contributed by atoms with Gasteiger partial charge in [0, 0.05) is 59.9 Å². The largest absolute Gasteiger partial charge is 0.437 e. The number of ether oxygens (including phenoxy) is 1. The molecule has 1 atom stereocenters. The summed E-state index contributed by atoms with van der Waals surface area (Å²) in [5.74, 6) is 1.15. The Hall–Kier alpha value is -4.32. The molecule has 0 unspecified atom stereocenters. The van der Waals surface area contributed by atoms with Gasteiger partial charge in [0.15, 0.2) is 0 Å². The summed E-state index contributed by atoms with van der Waals surface area (Å²) in [6.07, 6.45) is 8.62. The predicted molar refractivity (Wildman–Crippen MR) is 169 cm³/mol. The normalized spacial score (nSPS) is 15.3. The molecule has 1 aliphatic rings. The maximum atomic E-state index is 13.2. The summed E-state index contributed by atoms with van der Waals surface area (Å²) in [5.41, 5.74) is 3.05. The molecule has 0 amide bonds. The molecule has 220 valence electrons. The predicted octanol–water partition coefficient (Wildman–Crippen LogP) is 5.84. The number of aryl methyl sites for hydroxylation is 1. The van der Waals surface area contributed by atoms with Crippen molar-refractivity contribution in [1.82, 2.24) is 25.3 Å². The lowest BCUT2D eigenvalue weighted by atomic mass is 10.0. The minimum Gasteiger partial charge on any atom is -0.437 e. The van der Waals surface area contributed by atoms with E-state index < -0.39 is 10.0 Å². The molecule has 0 saturated carbocycles. The summed E-state index contributed by atoms with van der Waals surface area (Å²) in [5, 5.41) is 8.11.